The molecule has 0 spiro atoms. The first kappa shape index (κ1) is 11.6. The van der Waals surface area contributed by atoms with Crippen molar-refractivity contribution in [2.45, 2.75) is 26.0 Å². The van der Waals surface area contributed by atoms with Crippen molar-refractivity contribution in [3.8, 4) is 6.07 Å². The number of nitriles is 1. The Balaban J connectivity index is 2.81. The van der Waals surface area contributed by atoms with E-state index in [1.807, 2.05) is 6.07 Å². The normalized spacial score (nSPS) is 10.2. The van der Waals surface area contributed by atoms with E-state index < -0.39 is 0 Å². The highest BCUT2D eigenvalue weighted by molar-refractivity contribution is 5.13. The van der Waals surface area contributed by atoms with Crippen molar-refractivity contribution in [3.63, 3.8) is 0 Å². The van der Waals surface area contributed by atoms with Crippen LogP contribution < -0.4 is 0 Å². The summed E-state index contributed by atoms with van der Waals surface area (Å²) in [7, 11) is 1.58. The number of aryl methyl sites for hydroxylation is 1. The minimum absolute atomic E-state index is 0.111. The molecular formula is C9H14N4O2. The second-order valence-electron chi connectivity index (χ2n) is 3.05. The summed E-state index contributed by atoms with van der Waals surface area (Å²) in [5, 5.41) is 25.1. The molecule has 0 bridgehead atoms. The fraction of sp³-hybridized carbons (Fsp3) is 0.667. The van der Waals surface area contributed by atoms with Crippen molar-refractivity contribution in [2.24, 2.45) is 0 Å². The Labute approximate surface area is 88.1 Å². The van der Waals surface area contributed by atoms with Crippen LogP contribution in [0.2, 0.25) is 0 Å². The molecule has 0 amide bonds. The second-order valence-corrected chi connectivity index (χ2v) is 3.05. The van der Waals surface area contributed by atoms with Crippen LogP contribution in [0, 0.1) is 11.3 Å². The van der Waals surface area contributed by atoms with E-state index in [0.29, 0.717) is 25.3 Å². The van der Waals surface area contributed by atoms with Crippen LogP contribution in [0.1, 0.15) is 17.8 Å². The molecule has 0 saturated heterocycles. The molecule has 0 fully saturated rings. The van der Waals surface area contributed by atoms with E-state index >= 15 is 0 Å². The third-order valence-corrected chi connectivity index (χ3v) is 1.97. The van der Waals surface area contributed by atoms with Gasteiger partial charge in [-0.1, -0.05) is 5.21 Å². The van der Waals surface area contributed by atoms with Crippen molar-refractivity contribution in [1.82, 2.24) is 15.0 Å². The molecule has 1 heterocycles. The molecule has 1 rings (SSSR count). The molecule has 6 nitrogen and oxygen atoms in total. The molecule has 0 aliphatic rings. The maximum Gasteiger partial charge on any atom is 0.102 e. The first-order chi connectivity index (χ1) is 7.33. The molecule has 0 unspecified atom stereocenters. The summed E-state index contributed by atoms with van der Waals surface area (Å²) in [6.07, 6.45) is 0.851. The van der Waals surface area contributed by atoms with Gasteiger partial charge >= 0.3 is 0 Å². The fourth-order valence-electron chi connectivity index (χ4n) is 1.28. The van der Waals surface area contributed by atoms with E-state index in [-0.39, 0.29) is 13.0 Å². The number of rotatable bonds is 6. The summed E-state index contributed by atoms with van der Waals surface area (Å²) in [6, 6.07) is 2.03. The molecule has 0 saturated carbocycles. The maximum absolute atomic E-state index is 8.71. The maximum atomic E-state index is 8.71. The highest BCUT2D eigenvalue weighted by Crippen LogP contribution is 2.08. The third-order valence-electron chi connectivity index (χ3n) is 1.97. The Kier molecular flexibility index (Phi) is 4.74. The average Bonchev–Trinajstić information content (AvgIpc) is 2.60. The summed E-state index contributed by atoms with van der Waals surface area (Å²) in [5.74, 6) is 0. The lowest BCUT2D eigenvalue weighted by atomic mass is 10.2. The van der Waals surface area contributed by atoms with Crippen LogP contribution in [0.3, 0.4) is 0 Å². The van der Waals surface area contributed by atoms with Gasteiger partial charge in [-0.3, -0.25) is 0 Å². The first-order valence-corrected chi connectivity index (χ1v) is 4.71. The van der Waals surface area contributed by atoms with Gasteiger partial charge < -0.3 is 9.84 Å². The van der Waals surface area contributed by atoms with E-state index in [0.717, 1.165) is 5.69 Å². The van der Waals surface area contributed by atoms with Crippen LogP contribution in [-0.4, -0.2) is 33.8 Å². The minimum Gasteiger partial charge on any atom is -0.396 e. The quantitative estimate of drug-likeness (QED) is 0.707. The fourth-order valence-corrected chi connectivity index (χ4v) is 1.28. The highest BCUT2D eigenvalue weighted by Gasteiger charge is 2.11. The van der Waals surface area contributed by atoms with Gasteiger partial charge in [-0.2, -0.15) is 5.26 Å². The largest absolute Gasteiger partial charge is 0.396 e. The average molecular weight is 210 g/mol. The van der Waals surface area contributed by atoms with Gasteiger partial charge in [0, 0.05) is 20.3 Å². The van der Waals surface area contributed by atoms with Crippen LogP contribution in [-0.2, 0) is 24.3 Å². The number of aliphatic hydroxyl groups is 1. The van der Waals surface area contributed by atoms with Gasteiger partial charge in [0.1, 0.15) is 5.69 Å². The number of methoxy groups -OCH3 is 1. The predicted molar refractivity (Wildman–Crippen MR) is 51.8 cm³/mol. The number of hydrogen-bond donors (Lipinski definition) is 1. The topological polar surface area (TPSA) is 84.0 Å². The third kappa shape index (κ3) is 3.01. The Bertz CT molecular complexity index is 342. The lowest BCUT2D eigenvalue weighted by Gasteiger charge is -2.04. The van der Waals surface area contributed by atoms with Crippen molar-refractivity contribution in [1.29, 1.82) is 5.26 Å². The standard InChI is InChI=1S/C9H14N4O2/c1-15-7-9-8(3-4-10)11-12-13(9)5-2-6-14/h14H,2-3,5-7H2,1H3. The zero-order valence-electron chi connectivity index (χ0n) is 8.68. The smallest absolute Gasteiger partial charge is 0.102 e. The lowest BCUT2D eigenvalue weighted by molar-refractivity contribution is 0.174. The van der Waals surface area contributed by atoms with Crippen molar-refractivity contribution >= 4 is 0 Å². The molecule has 1 aromatic rings. The molecule has 0 radical (unpaired) electrons. The summed E-state index contributed by atoms with van der Waals surface area (Å²) in [6.45, 7) is 1.09. The van der Waals surface area contributed by atoms with Crippen LogP contribution in [0.25, 0.3) is 0 Å². The van der Waals surface area contributed by atoms with Crippen molar-refractivity contribution < 1.29 is 9.84 Å². The van der Waals surface area contributed by atoms with Crippen molar-refractivity contribution in [3.05, 3.63) is 11.4 Å². The van der Waals surface area contributed by atoms with Gasteiger partial charge in [-0.05, 0) is 6.42 Å². The monoisotopic (exact) mass is 210 g/mol. The SMILES string of the molecule is COCc1c(CC#N)nnn1CCCO. The molecule has 6 heteroatoms. The Morgan fingerprint density at radius 2 is 2.40 bits per heavy atom. The van der Waals surface area contributed by atoms with Gasteiger partial charge in [0.15, 0.2) is 0 Å². The molecule has 0 atom stereocenters. The van der Waals surface area contributed by atoms with E-state index in [9.17, 15) is 0 Å². The molecule has 0 aliphatic heterocycles. The molecule has 0 aliphatic carbocycles. The van der Waals surface area contributed by atoms with Gasteiger partial charge in [0.2, 0.25) is 0 Å². The molecular weight excluding hydrogens is 196 g/mol. The number of aromatic nitrogens is 3. The number of hydrogen-bond acceptors (Lipinski definition) is 5. The summed E-state index contributed by atoms with van der Waals surface area (Å²) in [4.78, 5) is 0. The molecule has 1 N–H and O–H groups in total. The number of ether oxygens (including phenoxy) is 1. The van der Waals surface area contributed by atoms with Crippen LogP contribution in [0.4, 0.5) is 0 Å². The molecule has 0 aromatic carbocycles. The minimum atomic E-state index is 0.111. The lowest BCUT2D eigenvalue weighted by Crippen LogP contribution is -2.08. The van der Waals surface area contributed by atoms with E-state index in [1.54, 1.807) is 11.8 Å². The van der Waals surface area contributed by atoms with Crippen LogP contribution in [0.15, 0.2) is 0 Å². The molecule has 82 valence electrons. The van der Waals surface area contributed by atoms with Crippen molar-refractivity contribution in [2.75, 3.05) is 13.7 Å². The van der Waals surface area contributed by atoms with Gasteiger partial charge in [0.05, 0.1) is 24.8 Å². The Hall–Kier alpha value is -1.45. The number of nitrogens with zero attached hydrogens (tertiary/aromatic N) is 4. The van der Waals surface area contributed by atoms with Crippen LogP contribution >= 0.6 is 0 Å². The summed E-state index contributed by atoms with van der Waals surface area (Å²) >= 11 is 0. The summed E-state index contributed by atoms with van der Waals surface area (Å²) < 4.78 is 6.69. The van der Waals surface area contributed by atoms with E-state index in [4.69, 9.17) is 15.1 Å². The predicted octanol–water partition coefficient (Wildman–Crippen LogP) is -0.127. The zero-order valence-corrected chi connectivity index (χ0v) is 8.68. The second kappa shape index (κ2) is 6.11. The van der Waals surface area contributed by atoms with Gasteiger partial charge in [0.25, 0.3) is 0 Å². The van der Waals surface area contributed by atoms with Crippen LogP contribution in [0.5, 0.6) is 0 Å². The van der Waals surface area contributed by atoms with Gasteiger partial charge in [-0.15, -0.1) is 5.10 Å². The zero-order chi connectivity index (χ0) is 11.1. The Morgan fingerprint density at radius 3 is 3.00 bits per heavy atom. The number of aliphatic hydroxyl groups excluding tert-OH is 1. The molecule has 1 aromatic heterocycles. The van der Waals surface area contributed by atoms with E-state index in [1.165, 1.54) is 0 Å². The van der Waals surface area contributed by atoms with Gasteiger partial charge in [-0.25, -0.2) is 4.68 Å². The first-order valence-electron chi connectivity index (χ1n) is 4.71. The Morgan fingerprint density at radius 1 is 1.60 bits per heavy atom. The van der Waals surface area contributed by atoms with E-state index in [2.05, 4.69) is 10.3 Å². The molecule has 15 heavy (non-hydrogen) atoms. The summed E-state index contributed by atoms with van der Waals surface area (Å²) in [5.41, 5.74) is 1.46. The highest BCUT2D eigenvalue weighted by atomic mass is 16.5.